The van der Waals surface area contributed by atoms with Crippen LogP contribution in [-0.4, -0.2) is 43.7 Å². The second-order valence-corrected chi connectivity index (χ2v) is 4.71. The Bertz CT molecular complexity index is 436. The molecule has 1 unspecified atom stereocenters. The minimum atomic E-state index is -0.0158. The standard InChI is InChI=1S/C14H20N2O3/c1-18-12-5-2-6-13(8-12)19-10-14(17)16-7-3-4-11(15)9-16/h2,5-6,8,11H,3-4,7,9-10,15H2,1H3. The van der Waals surface area contributed by atoms with Crippen molar-refractivity contribution in [3.05, 3.63) is 24.3 Å². The smallest absolute Gasteiger partial charge is 0.260 e. The van der Waals surface area contributed by atoms with Gasteiger partial charge in [0.15, 0.2) is 6.61 Å². The van der Waals surface area contributed by atoms with E-state index in [4.69, 9.17) is 15.2 Å². The number of nitrogens with two attached hydrogens (primary N) is 1. The van der Waals surface area contributed by atoms with Gasteiger partial charge in [-0.2, -0.15) is 0 Å². The van der Waals surface area contributed by atoms with Crippen LogP contribution in [-0.2, 0) is 4.79 Å². The third-order valence-corrected chi connectivity index (χ3v) is 3.21. The van der Waals surface area contributed by atoms with Gasteiger partial charge in [0.1, 0.15) is 11.5 Å². The van der Waals surface area contributed by atoms with Crippen LogP contribution in [0, 0.1) is 0 Å². The lowest BCUT2D eigenvalue weighted by molar-refractivity contribution is -0.134. The normalized spacial score (nSPS) is 19.1. The average Bonchev–Trinajstić information content (AvgIpc) is 2.45. The third kappa shape index (κ3) is 3.86. The van der Waals surface area contributed by atoms with Crippen LogP contribution in [0.25, 0.3) is 0 Å². The van der Waals surface area contributed by atoms with Crippen molar-refractivity contribution in [3.8, 4) is 11.5 Å². The highest BCUT2D eigenvalue weighted by atomic mass is 16.5. The average molecular weight is 264 g/mol. The van der Waals surface area contributed by atoms with Gasteiger partial charge in [0.25, 0.3) is 5.91 Å². The van der Waals surface area contributed by atoms with E-state index in [1.807, 2.05) is 12.1 Å². The summed E-state index contributed by atoms with van der Waals surface area (Å²) in [7, 11) is 1.60. The highest BCUT2D eigenvalue weighted by Gasteiger charge is 2.21. The number of benzene rings is 1. The first kappa shape index (κ1) is 13.7. The lowest BCUT2D eigenvalue weighted by atomic mass is 10.1. The van der Waals surface area contributed by atoms with Crippen LogP contribution in [0.5, 0.6) is 11.5 Å². The molecule has 1 saturated heterocycles. The Labute approximate surface area is 113 Å². The molecule has 1 heterocycles. The number of hydrogen-bond donors (Lipinski definition) is 1. The predicted octanol–water partition coefficient (Wildman–Crippen LogP) is 1.02. The SMILES string of the molecule is COc1cccc(OCC(=O)N2CCCC(N)C2)c1. The summed E-state index contributed by atoms with van der Waals surface area (Å²) in [5, 5.41) is 0. The fourth-order valence-electron chi connectivity index (χ4n) is 2.16. The number of amides is 1. The zero-order valence-electron chi connectivity index (χ0n) is 11.2. The Balaban J connectivity index is 1.85. The van der Waals surface area contributed by atoms with Crippen molar-refractivity contribution in [3.63, 3.8) is 0 Å². The van der Waals surface area contributed by atoms with E-state index < -0.39 is 0 Å². The number of hydrogen-bond acceptors (Lipinski definition) is 4. The van der Waals surface area contributed by atoms with Crippen LogP contribution >= 0.6 is 0 Å². The number of rotatable bonds is 4. The van der Waals surface area contributed by atoms with Crippen molar-refractivity contribution >= 4 is 5.91 Å². The number of ether oxygens (including phenoxy) is 2. The van der Waals surface area contributed by atoms with E-state index in [0.29, 0.717) is 18.0 Å². The second kappa shape index (κ2) is 6.43. The fourth-order valence-corrected chi connectivity index (χ4v) is 2.16. The van der Waals surface area contributed by atoms with Crippen LogP contribution in [0.3, 0.4) is 0 Å². The maximum atomic E-state index is 12.0. The molecule has 2 N–H and O–H groups in total. The number of piperidine rings is 1. The van der Waals surface area contributed by atoms with Gasteiger partial charge in [0.05, 0.1) is 7.11 Å². The van der Waals surface area contributed by atoms with Crippen molar-refractivity contribution < 1.29 is 14.3 Å². The molecule has 104 valence electrons. The van der Waals surface area contributed by atoms with Crippen molar-refractivity contribution in [2.45, 2.75) is 18.9 Å². The van der Waals surface area contributed by atoms with Crippen molar-refractivity contribution in [2.24, 2.45) is 5.73 Å². The minimum absolute atomic E-state index is 0.0158. The van der Waals surface area contributed by atoms with Gasteiger partial charge in [0, 0.05) is 25.2 Å². The predicted molar refractivity (Wildman–Crippen MR) is 72.3 cm³/mol. The molecule has 0 aromatic heterocycles. The van der Waals surface area contributed by atoms with Gasteiger partial charge in [-0.05, 0) is 25.0 Å². The summed E-state index contributed by atoms with van der Waals surface area (Å²) >= 11 is 0. The van der Waals surface area contributed by atoms with E-state index >= 15 is 0 Å². The maximum Gasteiger partial charge on any atom is 0.260 e. The van der Waals surface area contributed by atoms with Crippen LogP contribution in [0.2, 0.25) is 0 Å². The van der Waals surface area contributed by atoms with Crippen molar-refractivity contribution in [2.75, 3.05) is 26.8 Å². The first-order valence-corrected chi connectivity index (χ1v) is 6.49. The summed E-state index contributed by atoms with van der Waals surface area (Å²) in [5.74, 6) is 1.33. The van der Waals surface area contributed by atoms with E-state index in [1.165, 1.54) is 0 Å². The lowest BCUT2D eigenvalue weighted by Gasteiger charge is -2.30. The summed E-state index contributed by atoms with van der Waals surface area (Å²) < 4.78 is 10.6. The van der Waals surface area contributed by atoms with E-state index in [-0.39, 0.29) is 18.6 Å². The summed E-state index contributed by atoms with van der Waals surface area (Å²) in [4.78, 5) is 13.8. The van der Waals surface area contributed by atoms with Gasteiger partial charge >= 0.3 is 0 Å². The lowest BCUT2D eigenvalue weighted by Crippen LogP contribution is -2.47. The Morgan fingerprint density at radius 2 is 2.26 bits per heavy atom. The molecule has 1 aliphatic heterocycles. The van der Waals surface area contributed by atoms with Crippen molar-refractivity contribution in [1.29, 1.82) is 0 Å². The molecule has 1 fully saturated rings. The highest BCUT2D eigenvalue weighted by molar-refractivity contribution is 5.78. The monoisotopic (exact) mass is 264 g/mol. The minimum Gasteiger partial charge on any atom is -0.497 e. The summed E-state index contributed by atoms with van der Waals surface area (Å²) in [6.07, 6.45) is 1.95. The molecular formula is C14H20N2O3. The quantitative estimate of drug-likeness (QED) is 0.882. The van der Waals surface area contributed by atoms with E-state index in [2.05, 4.69) is 0 Å². The highest BCUT2D eigenvalue weighted by Crippen LogP contribution is 2.19. The molecule has 0 aliphatic carbocycles. The Morgan fingerprint density at radius 3 is 3.00 bits per heavy atom. The van der Waals surface area contributed by atoms with Gasteiger partial charge in [-0.1, -0.05) is 6.07 Å². The molecule has 2 rings (SSSR count). The van der Waals surface area contributed by atoms with Crippen LogP contribution < -0.4 is 15.2 Å². The van der Waals surface area contributed by atoms with Gasteiger partial charge < -0.3 is 20.1 Å². The van der Waals surface area contributed by atoms with E-state index in [0.717, 1.165) is 19.4 Å². The van der Waals surface area contributed by atoms with Gasteiger partial charge in [-0.3, -0.25) is 4.79 Å². The number of carbonyl (C=O) groups is 1. The Morgan fingerprint density at radius 1 is 1.47 bits per heavy atom. The van der Waals surface area contributed by atoms with Gasteiger partial charge in [-0.15, -0.1) is 0 Å². The second-order valence-electron chi connectivity index (χ2n) is 4.71. The molecule has 1 amide bonds. The molecule has 0 radical (unpaired) electrons. The molecular weight excluding hydrogens is 244 g/mol. The van der Waals surface area contributed by atoms with Gasteiger partial charge in [0.2, 0.25) is 0 Å². The number of nitrogens with zero attached hydrogens (tertiary/aromatic N) is 1. The molecule has 0 spiro atoms. The number of methoxy groups -OCH3 is 1. The summed E-state index contributed by atoms with van der Waals surface area (Å²) in [6, 6.07) is 7.32. The molecule has 1 aliphatic rings. The fraction of sp³-hybridized carbons (Fsp3) is 0.500. The zero-order valence-corrected chi connectivity index (χ0v) is 11.2. The Kier molecular flexibility index (Phi) is 4.63. The molecule has 1 aromatic rings. The topological polar surface area (TPSA) is 64.8 Å². The Hall–Kier alpha value is -1.75. The zero-order chi connectivity index (χ0) is 13.7. The third-order valence-electron chi connectivity index (χ3n) is 3.21. The molecule has 1 aromatic carbocycles. The largest absolute Gasteiger partial charge is 0.497 e. The van der Waals surface area contributed by atoms with Crippen molar-refractivity contribution in [1.82, 2.24) is 4.90 Å². The number of carbonyl (C=O) groups excluding carboxylic acids is 1. The molecule has 5 heteroatoms. The van der Waals surface area contributed by atoms with E-state index in [1.54, 1.807) is 24.1 Å². The molecule has 1 atom stereocenters. The molecule has 5 nitrogen and oxygen atoms in total. The van der Waals surface area contributed by atoms with Crippen LogP contribution in [0.1, 0.15) is 12.8 Å². The first-order valence-electron chi connectivity index (χ1n) is 6.49. The summed E-state index contributed by atoms with van der Waals surface area (Å²) in [5.41, 5.74) is 5.86. The summed E-state index contributed by atoms with van der Waals surface area (Å²) in [6.45, 7) is 1.44. The molecule has 19 heavy (non-hydrogen) atoms. The molecule has 0 saturated carbocycles. The van der Waals surface area contributed by atoms with E-state index in [9.17, 15) is 4.79 Å². The number of likely N-dealkylation sites (tertiary alicyclic amines) is 1. The molecule has 0 bridgehead atoms. The van der Waals surface area contributed by atoms with Crippen LogP contribution in [0.4, 0.5) is 0 Å². The maximum absolute atomic E-state index is 12.0. The first-order chi connectivity index (χ1) is 9.19. The van der Waals surface area contributed by atoms with Gasteiger partial charge in [-0.25, -0.2) is 0 Å². The van der Waals surface area contributed by atoms with Crippen LogP contribution in [0.15, 0.2) is 24.3 Å².